The number of phenols is 1. The topological polar surface area (TPSA) is 59.3 Å². The second-order valence-corrected chi connectivity index (χ2v) is 6.84. The van der Waals surface area contributed by atoms with Gasteiger partial charge < -0.3 is 10.4 Å². The second-order valence-electron chi connectivity index (χ2n) is 5.99. The third kappa shape index (κ3) is 4.98. The van der Waals surface area contributed by atoms with Gasteiger partial charge >= 0.3 is 0 Å². The molecule has 4 nitrogen and oxygen atoms in total. The van der Waals surface area contributed by atoms with Crippen molar-refractivity contribution in [1.29, 1.82) is 5.26 Å². The molecule has 2 N–H and O–H groups in total. The summed E-state index contributed by atoms with van der Waals surface area (Å²) in [6.07, 6.45) is 3.67. The van der Waals surface area contributed by atoms with Gasteiger partial charge in [0.15, 0.2) is 0 Å². The molecular weight excluding hydrogens is 401 g/mol. The van der Waals surface area contributed by atoms with Crippen LogP contribution in [-0.4, -0.2) is 36.2 Å². The predicted molar refractivity (Wildman–Crippen MR) is 99.5 cm³/mol. The highest BCUT2D eigenvalue weighted by molar-refractivity contribution is 9.10. The van der Waals surface area contributed by atoms with E-state index in [0.717, 1.165) is 44.1 Å². The van der Waals surface area contributed by atoms with Crippen LogP contribution in [0.1, 0.15) is 36.4 Å². The maximum atomic E-state index is 10.5. The number of rotatable bonds is 4. The fourth-order valence-electron chi connectivity index (χ4n) is 3.07. The quantitative estimate of drug-likeness (QED) is 0.777. The molecule has 0 aromatic heterocycles. The molecule has 1 atom stereocenters. The number of hydrogen-bond acceptors (Lipinski definition) is 4. The fraction of sp³-hybridized carbons (Fsp3) is 0.562. The number of aromatic hydroxyl groups is 1. The number of benzene rings is 1. The minimum absolute atomic E-state index is 0. The van der Waals surface area contributed by atoms with Crippen LogP contribution in [0.15, 0.2) is 16.6 Å². The molecule has 0 spiro atoms. The van der Waals surface area contributed by atoms with Crippen LogP contribution in [0.3, 0.4) is 0 Å². The molecule has 1 heterocycles. The Hall–Kier alpha value is -0.510. The average molecular weight is 423 g/mol. The molecule has 0 unspecified atom stereocenters. The van der Waals surface area contributed by atoms with Crippen molar-refractivity contribution < 1.29 is 5.11 Å². The lowest BCUT2D eigenvalue weighted by molar-refractivity contribution is 0.158. The molecular formula is C16H22BrCl2N3O. The Morgan fingerprint density at radius 2 is 1.96 bits per heavy atom. The van der Waals surface area contributed by atoms with Gasteiger partial charge in [0.1, 0.15) is 5.75 Å². The molecule has 0 amide bonds. The van der Waals surface area contributed by atoms with E-state index in [0.29, 0.717) is 10.0 Å². The largest absolute Gasteiger partial charge is 0.506 e. The third-order valence-corrected chi connectivity index (χ3v) is 5.03. The molecule has 1 aromatic carbocycles. The first-order chi connectivity index (χ1) is 10.2. The van der Waals surface area contributed by atoms with Crippen LogP contribution in [0.5, 0.6) is 5.75 Å². The molecule has 3 rings (SSSR count). The molecule has 1 aliphatic heterocycles. The van der Waals surface area contributed by atoms with E-state index in [-0.39, 0.29) is 36.6 Å². The monoisotopic (exact) mass is 421 g/mol. The molecule has 1 saturated heterocycles. The van der Waals surface area contributed by atoms with Crippen LogP contribution in [0.2, 0.25) is 0 Å². The van der Waals surface area contributed by atoms with Gasteiger partial charge in [-0.1, -0.05) is 12.8 Å². The van der Waals surface area contributed by atoms with Crippen molar-refractivity contribution in [3.05, 3.63) is 27.7 Å². The van der Waals surface area contributed by atoms with Gasteiger partial charge in [-0.25, -0.2) is 0 Å². The van der Waals surface area contributed by atoms with E-state index >= 15 is 0 Å². The molecule has 7 heteroatoms. The molecule has 1 saturated carbocycles. The number of nitrogens with one attached hydrogen (secondary N) is 1. The first-order valence-electron chi connectivity index (χ1n) is 7.56. The van der Waals surface area contributed by atoms with E-state index in [1.54, 1.807) is 6.07 Å². The molecule has 2 fully saturated rings. The molecule has 23 heavy (non-hydrogen) atoms. The lowest BCUT2D eigenvalue weighted by atomic mass is 9.96. The van der Waals surface area contributed by atoms with Crippen LogP contribution in [0.25, 0.3) is 0 Å². The van der Waals surface area contributed by atoms with E-state index < -0.39 is 0 Å². The van der Waals surface area contributed by atoms with Crippen molar-refractivity contribution in [1.82, 2.24) is 10.2 Å². The number of halogens is 3. The first kappa shape index (κ1) is 20.5. The summed E-state index contributed by atoms with van der Waals surface area (Å²) in [6.45, 7) is 3.96. The summed E-state index contributed by atoms with van der Waals surface area (Å²) in [7, 11) is 0. The zero-order valence-corrected chi connectivity index (χ0v) is 16.0. The van der Waals surface area contributed by atoms with Crippen LogP contribution in [-0.2, 0) is 0 Å². The van der Waals surface area contributed by atoms with Gasteiger partial charge in [-0.05, 0) is 40.4 Å². The maximum absolute atomic E-state index is 10.5. The third-order valence-electron chi connectivity index (χ3n) is 4.43. The van der Waals surface area contributed by atoms with Crippen molar-refractivity contribution in [2.45, 2.75) is 25.3 Å². The highest BCUT2D eigenvalue weighted by Crippen LogP contribution is 2.44. The number of hydrogen-bond donors (Lipinski definition) is 2. The van der Waals surface area contributed by atoms with Gasteiger partial charge in [0, 0.05) is 37.8 Å². The Morgan fingerprint density at radius 3 is 2.52 bits per heavy atom. The minimum Gasteiger partial charge on any atom is -0.506 e. The summed E-state index contributed by atoms with van der Waals surface area (Å²) >= 11 is 3.38. The van der Waals surface area contributed by atoms with Crippen molar-refractivity contribution in [3.63, 3.8) is 0 Å². The lowest BCUT2D eigenvalue weighted by Gasteiger charge is -2.36. The fourth-order valence-corrected chi connectivity index (χ4v) is 3.55. The van der Waals surface area contributed by atoms with Crippen LogP contribution >= 0.6 is 40.7 Å². The first-order valence-corrected chi connectivity index (χ1v) is 8.35. The zero-order valence-electron chi connectivity index (χ0n) is 12.8. The highest BCUT2D eigenvalue weighted by Gasteiger charge is 2.32. The molecule has 1 aliphatic carbocycles. The zero-order chi connectivity index (χ0) is 14.8. The molecule has 0 radical (unpaired) electrons. The molecule has 128 valence electrons. The Bertz CT molecular complexity index is 569. The number of piperazine rings is 1. The summed E-state index contributed by atoms with van der Waals surface area (Å²) < 4.78 is 0.618. The van der Waals surface area contributed by atoms with E-state index in [1.165, 1.54) is 12.8 Å². The van der Waals surface area contributed by atoms with Crippen LogP contribution in [0.4, 0.5) is 0 Å². The standard InChI is InChI=1S/C16H20BrN3O.2ClH/c17-14-8-12(10-18)7-13(16(14)21)15(9-11-1-2-11)20-5-3-19-4-6-20;;/h7-8,11,15,19,21H,1-6,9H2;2*1H/t15-;;/m1../s1. The van der Waals surface area contributed by atoms with Crippen molar-refractivity contribution >= 4 is 40.7 Å². The maximum Gasteiger partial charge on any atom is 0.134 e. The Labute approximate surface area is 158 Å². The summed E-state index contributed by atoms with van der Waals surface area (Å²) in [5.41, 5.74) is 1.50. The number of phenolic OH excluding ortho intramolecular Hbond substituents is 1. The highest BCUT2D eigenvalue weighted by atomic mass is 79.9. The van der Waals surface area contributed by atoms with Crippen molar-refractivity contribution in [3.8, 4) is 11.8 Å². The molecule has 2 aliphatic rings. The van der Waals surface area contributed by atoms with Gasteiger partial charge in [0.05, 0.1) is 16.1 Å². The van der Waals surface area contributed by atoms with E-state index in [9.17, 15) is 10.4 Å². The normalized spacial score (nSPS) is 19.1. The Balaban J connectivity index is 0.00000132. The average Bonchev–Trinajstić information content (AvgIpc) is 3.33. The van der Waals surface area contributed by atoms with Crippen LogP contribution < -0.4 is 5.32 Å². The minimum atomic E-state index is 0. The second kappa shape index (κ2) is 9.10. The number of nitriles is 1. The van der Waals surface area contributed by atoms with E-state index in [1.807, 2.05) is 6.07 Å². The van der Waals surface area contributed by atoms with E-state index in [2.05, 4.69) is 32.2 Å². The Kier molecular flexibility index (Phi) is 8.12. The van der Waals surface area contributed by atoms with Gasteiger partial charge in [-0.3, -0.25) is 4.90 Å². The summed E-state index contributed by atoms with van der Waals surface area (Å²) in [4.78, 5) is 2.44. The van der Waals surface area contributed by atoms with Gasteiger partial charge in [-0.15, -0.1) is 24.8 Å². The number of nitrogens with zero attached hydrogens (tertiary/aromatic N) is 2. The molecule has 1 aromatic rings. The van der Waals surface area contributed by atoms with Crippen molar-refractivity contribution in [2.24, 2.45) is 5.92 Å². The summed E-state index contributed by atoms with van der Waals surface area (Å²) in [6, 6.07) is 5.94. The Morgan fingerprint density at radius 1 is 1.30 bits per heavy atom. The SMILES string of the molecule is Cl.Cl.N#Cc1cc(Br)c(O)c([C@@H](CC2CC2)N2CCNCC2)c1. The van der Waals surface area contributed by atoms with Gasteiger partial charge in [0.2, 0.25) is 0 Å². The van der Waals surface area contributed by atoms with Gasteiger partial charge in [-0.2, -0.15) is 5.26 Å². The summed E-state index contributed by atoms with van der Waals surface area (Å²) in [5, 5.41) is 23.0. The summed E-state index contributed by atoms with van der Waals surface area (Å²) in [5.74, 6) is 1.06. The van der Waals surface area contributed by atoms with E-state index in [4.69, 9.17) is 0 Å². The molecule has 0 bridgehead atoms. The van der Waals surface area contributed by atoms with Crippen molar-refractivity contribution in [2.75, 3.05) is 26.2 Å². The van der Waals surface area contributed by atoms with Crippen LogP contribution in [0, 0.1) is 17.2 Å². The van der Waals surface area contributed by atoms with Gasteiger partial charge in [0.25, 0.3) is 0 Å². The predicted octanol–water partition coefficient (Wildman–Crippen LogP) is 3.62. The lowest BCUT2D eigenvalue weighted by Crippen LogP contribution is -2.45. The smallest absolute Gasteiger partial charge is 0.134 e.